The SMILES string of the molecule is CC(O)CNc1cc2ccccc2c(Cl)n1. The highest BCUT2D eigenvalue weighted by Gasteiger charge is 2.03. The van der Waals surface area contributed by atoms with Crippen LogP contribution in [-0.2, 0) is 0 Å². The summed E-state index contributed by atoms with van der Waals surface area (Å²) in [5, 5.41) is 14.7. The van der Waals surface area contributed by atoms with Crippen LogP contribution in [0.25, 0.3) is 10.8 Å². The average Bonchev–Trinajstić information content (AvgIpc) is 2.26. The minimum atomic E-state index is -0.410. The van der Waals surface area contributed by atoms with Gasteiger partial charge in [-0.25, -0.2) is 4.98 Å². The molecule has 2 aromatic rings. The van der Waals surface area contributed by atoms with Crippen LogP contribution in [-0.4, -0.2) is 22.7 Å². The van der Waals surface area contributed by atoms with Crippen molar-refractivity contribution >= 4 is 28.2 Å². The van der Waals surface area contributed by atoms with Crippen LogP contribution in [0.15, 0.2) is 30.3 Å². The number of aliphatic hydroxyl groups excluding tert-OH is 1. The maximum absolute atomic E-state index is 9.17. The van der Waals surface area contributed by atoms with Crippen LogP contribution >= 0.6 is 11.6 Å². The molecule has 0 saturated heterocycles. The molecular weight excluding hydrogens is 224 g/mol. The lowest BCUT2D eigenvalue weighted by molar-refractivity contribution is 0.208. The molecule has 2 rings (SSSR count). The Bertz CT molecular complexity index is 499. The van der Waals surface area contributed by atoms with E-state index in [9.17, 15) is 5.11 Å². The zero-order valence-electron chi connectivity index (χ0n) is 8.94. The van der Waals surface area contributed by atoms with Gasteiger partial charge >= 0.3 is 0 Å². The van der Waals surface area contributed by atoms with Gasteiger partial charge in [-0.2, -0.15) is 0 Å². The highest BCUT2D eigenvalue weighted by molar-refractivity contribution is 6.34. The summed E-state index contributed by atoms with van der Waals surface area (Å²) in [4.78, 5) is 4.22. The highest BCUT2D eigenvalue weighted by Crippen LogP contribution is 2.24. The van der Waals surface area contributed by atoms with E-state index >= 15 is 0 Å². The quantitative estimate of drug-likeness (QED) is 0.806. The number of hydrogen-bond acceptors (Lipinski definition) is 3. The number of pyridine rings is 1. The number of aliphatic hydroxyl groups is 1. The van der Waals surface area contributed by atoms with E-state index in [4.69, 9.17) is 11.6 Å². The van der Waals surface area contributed by atoms with Crippen molar-refractivity contribution in [1.82, 2.24) is 4.98 Å². The number of nitrogens with one attached hydrogen (secondary N) is 1. The molecule has 1 atom stereocenters. The van der Waals surface area contributed by atoms with Crippen LogP contribution in [0.2, 0.25) is 5.15 Å². The van der Waals surface area contributed by atoms with Crippen molar-refractivity contribution in [1.29, 1.82) is 0 Å². The Balaban J connectivity index is 2.34. The van der Waals surface area contributed by atoms with E-state index < -0.39 is 6.10 Å². The monoisotopic (exact) mass is 236 g/mol. The van der Waals surface area contributed by atoms with Crippen LogP contribution < -0.4 is 5.32 Å². The van der Waals surface area contributed by atoms with E-state index in [1.165, 1.54) is 0 Å². The van der Waals surface area contributed by atoms with E-state index in [0.29, 0.717) is 17.5 Å². The minimum Gasteiger partial charge on any atom is -0.392 e. The zero-order valence-corrected chi connectivity index (χ0v) is 9.70. The molecule has 16 heavy (non-hydrogen) atoms. The van der Waals surface area contributed by atoms with Crippen LogP contribution in [0.1, 0.15) is 6.92 Å². The van der Waals surface area contributed by atoms with Crippen LogP contribution in [0.3, 0.4) is 0 Å². The molecule has 0 spiro atoms. The first-order valence-electron chi connectivity index (χ1n) is 5.14. The molecule has 0 bridgehead atoms. The van der Waals surface area contributed by atoms with Gasteiger partial charge in [0.15, 0.2) is 0 Å². The Hall–Kier alpha value is -1.32. The van der Waals surface area contributed by atoms with Crippen molar-refractivity contribution in [3.63, 3.8) is 0 Å². The smallest absolute Gasteiger partial charge is 0.139 e. The summed E-state index contributed by atoms with van der Waals surface area (Å²) in [6.45, 7) is 2.18. The predicted octanol–water partition coefficient (Wildman–Crippen LogP) is 2.68. The molecule has 4 heteroatoms. The number of aromatic nitrogens is 1. The average molecular weight is 237 g/mol. The van der Waals surface area contributed by atoms with E-state index in [0.717, 1.165) is 10.8 Å². The second-order valence-electron chi connectivity index (χ2n) is 3.75. The number of rotatable bonds is 3. The van der Waals surface area contributed by atoms with E-state index in [1.807, 2.05) is 30.3 Å². The third-order valence-corrected chi connectivity index (χ3v) is 2.56. The number of hydrogen-bond donors (Lipinski definition) is 2. The molecule has 1 aromatic carbocycles. The number of benzene rings is 1. The summed E-state index contributed by atoms with van der Waals surface area (Å²) in [5.41, 5.74) is 0. The van der Waals surface area contributed by atoms with Gasteiger partial charge in [-0.3, -0.25) is 0 Å². The molecule has 1 aromatic heterocycles. The molecule has 2 N–H and O–H groups in total. The molecular formula is C12H13ClN2O. The molecule has 84 valence electrons. The van der Waals surface area contributed by atoms with Gasteiger partial charge in [-0.05, 0) is 18.4 Å². The lowest BCUT2D eigenvalue weighted by Crippen LogP contribution is -2.15. The maximum atomic E-state index is 9.17. The molecule has 0 amide bonds. The number of nitrogens with zero attached hydrogens (tertiary/aromatic N) is 1. The lowest BCUT2D eigenvalue weighted by Gasteiger charge is -2.09. The van der Waals surface area contributed by atoms with Gasteiger partial charge in [0.1, 0.15) is 11.0 Å². The summed E-state index contributed by atoms with van der Waals surface area (Å²) in [6, 6.07) is 9.72. The normalized spacial score (nSPS) is 12.7. The lowest BCUT2D eigenvalue weighted by atomic mass is 10.2. The number of fused-ring (bicyclic) bond motifs is 1. The first kappa shape index (κ1) is 11.2. The minimum absolute atomic E-state index is 0.410. The Morgan fingerprint density at radius 2 is 2.19 bits per heavy atom. The summed E-state index contributed by atoms with van der Waals surface area (Å²) in [5.74, 6) is 0.685. The summed E-state index contributed by atoms with van der Waals surface area (Å²) in [6.07, 6.45) is -0.410. The molecule has 3 nitrogen and oxygen atoms in total. The third-order valence-electron chi connectivity index (χ3n) is 2.27. The van der Waals surface area contributed by atoms with Crippen molar-refractivity contribution in [3.05, 3.63) is 35.5 Å². The van der Waals surface area contributed by atoms with Crippen molar-refractivity contribution in [2.45, 2.75) is 13.0 Å². The molecule has 0 aliphatic heterocycles. The standard InChI is InChI=1S/C12H13ClN2O/c1-8(16)7-14-11-6-9-4-2-3-5-10(9)12(13)15-11/h2-6,8,16H,7H2,1H3,(H,14,15). The second kappa shape index (κ2) is 4.68. The Labute approximate surface area is 99.1 Å². The summed E-state index contributed by atoms with van der Waals surface area (Å²) >= 11 is 6.06. The van der Waals surface area contributed by atoms with E-state index in [-0.39, 0.29) is 0 Å². The molecule has 0 radical (unpaired) electrons. The number of anilines is 1. The van der Waals surface area contributed by atoms with Crippen LogP contribution in [0.5, 0.6) is 0 Å². The van der Waals surface area contributed by atoms with Crippen LogP contribution in [0.4, 0.5) is 5.82 Å². The third kappa shape index (κ3) is 2.43. The zero-order chi connectivity index (χ0) is 11.5. The molecule has 0 aliphatic rings. The molecule has 0 aliphatic carbocycles. The predicted molar refractivity (Wildman–Crippen MR) is 66.9 cm³/mol. The first-order chi connectivity index (χ1) is 7.66. The van der Waals surface area contributed by atoms with E-state index in [1.54, 1.807) is 6.92 Å². The fourth-order valence-electron chi connectivity index (χ4n) is 1.50. The van der Waals surface area contributed by atoms with Gasteiger partial charge < -0.3 is 10.4 Å². The number of halogens is 1. The fourth-order valence-corrected chi connectivity index (χ4v) is 1.76. The van der Waals surface area contributed by atoms with Crippen molar-refractivity contribution in [2.24, 2.45) is 0 Å². The maximum Gasteiger partial charge on any atom is 0.139 e. The Morgan fingerprint density at radius 1 is 1.44 bits per heavy atom. The van der Waals surface area contributed by atoms with Crippen molar-refractivity contribution in [2.75, 3.05) is 11.9 Å². The van der Waals surface area contributed by atoms with E-state index in [2.05, 4.69) is 10.3 Å². The van der Waals surface area contributed by atoms with Crippen molar-refractivity contribution in [3.8, 4) is 0 Å². The van der Waals surface area contributed by atoms with Gasteiger partial charge in [0.2, 0.25) is 0 Å². The Morgan fingerprint density at radius 3 is 2.94 bits per heavy atom. The fraction of sp³-hybridized carbons (Fsp3) is 0.250. The molecule has 0 saturated carbocycles. The van der Waals surface area contributed by atoms with Gasteiger partial charge in [0.05, 0.1) is 6.10 Å². The van der Waals surface area contributed by atoms with Crippen molar-refractivity contribution < 1.29 is 5.11 Å². The van der Waals surface area contributed by atoms with Gasteiger partial charge in [-0.1, -0.05) is 35.9 Å². The first-order valence-corrected chi connectivity index (χ1v) is 5.52. The molecule has 0 fully saturated rings. The van der Waals surface area contributed by atoms with Gasteiger partial charge in [-0.15, -0.1) is 0 Å². The van der Waals surface area contributed by atoms with Gasteiger partial charge in [0, 0.05) is 11.9 Å². The van der Waals surface area contributed by atoms with Gasteiger partial charge in [0.25, 0.3) is 0 Å². The summed E-state index contributed by atoms with van der Waals surface area (Å²) < 4.78 is 0. The highest BCUT2D eigenvalue weighted by atomic mass is 35.5. The molecule has 1 unspecified atom stereocenters. The van der Waals surface area contributed by atoms with Crippen LogP contribution in [0, 0.1) is 0 Å². The second-order valence-corrected chi connectivity index (χ2v) is 4.11. The molecule has 1 heterocycles. The summed E-state index contributed by atoms with van der Waals surface area (Å²) in [7, 11) is 0. The topological polar surface area (TPSA) is 45.1 Å². The largest absolute Gasteiger partial charge is 0.392 e. The Kier molecular flexibility index (Phi) is 3.27.